The lowest BCUT2D eigenvalue weighted by molar-refractivity contribution is 0.109. The molecule has 3 heterocycles. The van der Waals surface area contributed by atoms with Crippen molar-refractivity contribution in [2.24, 2.45) is 5.73 Å². The van der Waals surface area contributed by atoms with Crippen LogP contribution in [-0.4, -0.2) is 33.7 Å². The molecule has 2 unspecified atom stereocenters. The lowest BCUT2D eigenvalue weighted by atomic mass is 9.97. The Morgan fingerprint density at radius 3 is 3.05 bits per heavy atom. The molecule has 1 fully saturated rings. The maximum Gasteiger partial charge on any atom is 0.241 e. The topological polar surface area (TPSA) is 81.3 Å². The summed E-state index contributed by atoms with van der Waals surface area (Å²) in [5.41, 5.74) is 6.07. The summed E-state index contributed by atoms with van der Waals surface area (Å²) in [4.78, 5) is 6.73. The maximum atomic E-state index is 6.07. The van der Waals surface area contributed by atoms with Crippen molar-refractivity contribution in [1.29, 1.82) is 0 Å². The van der Waals surface area contributed by atoms with Crippen LogP contribution >= 0.6 is 12.4 Å². The summed E-state index contributed by atoms with van der Waals surface area (Å²) in [6.45, 7) is 3.75. The van der Waals surface area contributed by atoms with Crippen molar-refractivity contribution < 1.29 is 8.94 Å². The van der Waals surface area contributed by atoms with E-state index in [2.05, 4.69) is 22.0 Å². The van der Waals surface area contributed by atoms with Gasteiger partial charge in [-0.3, -0.25) is 4.90 Å². The van der Waals surface area contributed by atoms with E-state index in [-0.39, 0.29) is 18.4 Å². The van der Waals surface area contributed by atoms with Gasteiger partial charge in [0.05, 0.1) is 12.8 Å². The lowest BCUT2D eigenvalue weighted by Crippen LogP contribution is -2.48. The molecule has 2 aromatic rings. The van der Waals surface area contributed by atoms with Gasteiger partial charge in [0.25, 0.3) is 0 Å². The Morgan fingerprint density at radius 1 is 1.48 bits per heavy atom. The zero-order valence-electron chi connectivity index (χ0n) is 12.1. The molecule has 2 atom stereocenters. The lowest BCUT2D eigenvalue weighted by Gasteiger charge is -2.37. The zero-order chi connectivity index (χ0) is 13.9. The number of hydrogen-bond donors (Lipinski definition) is 1. The van der Waals surface area contributed by atoms with Crippen LogP contribution in [0.3, 0.4) is 0 Å². The monoisotopic (exact) mass is 312 g/mol. The molecule has 1 saturated heterocycles. The van der Waals surface area contributed by atoms with Gasteiger partial charge in [0.2, 0.25) is 11.7 Å². The van der Waals surface area contributed by atoms with Crippen LogP contribution in [0.4, 0.5) is 0 Å². The molecule has 0 aliphatic carbocycles. The minimum Gasteiger partial charge on any atom is -0.461 e. The number of piperidine rings is 1. The Labute approximate surface area is 130 Å². The predicted molar refractivity (Wildman–Crippen MR) is 80.9 cm³/mol. The van der Waals surface area contributed by atoms with Gasteiger partial charge in [0, 0.05) is 12.1 Å². The van der Waals surface area contributed by atoms with Crippen LogP contribution < -0.4 is 5.73 Å². The number of halogens is 1. The van der Waals surface area contributed by atoms with Crippen molar-refractivity contribution in [1.82, 2.24) is 15.0 Å². The number of likely N-dealkylation sites (tertiary alicyclic amines) is 1. The predicted octanol–water partition coefficient (Wildman–Crippen LogP) is 2.45. The fraction of sp³-hybridized carbons (Fsp3) is 0.571. The van der Waals surface area contributed by atoms with Crippen LogP contribution in [0, 0.1) is 0 Å². The molecule has 0 amide bonds. The van der Waals surface area contributed by atoms with E-state index in [9.17, 15) is 0 Å². The van der Waals surface area contributed by atoms with E-state index in [1.807, 2.05) is 12.1 Å². The molecule has 1 aliphatic rings. The molecule has 21 heavy (non-hydrogen) atoms. The largest absolute Gasteiger partial charge is 0.461 e. The van der Waals surface area contributed by atoms with Gasteiger partial charge in [-0.1, -0.05) is 11.6 Å². The first-order chi connectivity index (χ1) is 9.74. The highest BCUT2D eigenvalue weighted by Gasteiger charge is 2.27. The Kier molecular flexibility index (Phi) is 5.39. The molecule has 0 radical (unpaired) electrons. The standard InChI is InChI=1S/C14H20N4O2.ClH/c1-10(15)11-5-2-3-7-18(11)9-13-16-14(17-20-13)12-6-4-8-19-12;/h4,6,8,10-11H,2-3,5,7,9,15H2,1H3;1H. The van der Waals surface area contributed by atoms with Gasteiger partial charge >= 0.3 is 0 Å². The summed E-state index contributed by atoms with van der Waals surface area (Å²) in [6, 6.07) is 4.17. The molecule has 2 aromatic heterocycles. The summed E-state index contributed by atoms with van der Waals surface area (Å²) in [6.07, 6.45) is 5.17. The van der Waals surface area contributed by atoms with E-state index in [0.29, 0.717) is 30.1 Å². The summed E-state index contributed by atoms with van der Waals surface area (Å²) in [5, 5.41) is 3.96. The van der Waals surface area contributed by atoms with Crippen molar-refractivity contribution in [2.45, 2.75) is 44.8 Å². The minimum absolute atomic E-state index is 0. The average molecular weight is 313 g/mol. The van der Waals surface area contributed by atoms with Crippen LogP contribution in [-0.2, 0) is 6.54 Å². The molecule has 0 spiro atoms. The van der Waals surface area contributed by atoms with Crippen molar-refractivity contribution in [2.75, 3.05) is 6.54 Å². The van der Waals surface area contributed by atoms with E-state index in [1.165, 1.54) is 12.8 Å². The molecular weight excluding hydrogens is 292 g/mol. The summed E-state index contributed by atoms with van der Waals surface area (Å²) >= 11 is 0. The van der Waals surface area contributed by atoms with Crippen molar-refractivity contribution >= 4 is 12.4 Å². The molecule has 7 heteroatoms. The summed E-state index contributed by atoms with van der Waals surface area (Å²) < 4.78 is 10.6. The third-order valence-electron chi connectivity index (χ3n) is 3.82. The van der Waals surface area contributed by atoms with Crippen molar-refractivity contribution in [3.8, 4) is 11.6 Å². The number of nitrogens with two attached hydrogens (primary N) is 1. The first-order valence-electron chi connectivity index (χ1n) is 7.10. The molecular formula is C14H21ClN4O2. The summed E-state index contributed by atoms with van der Waals surface area (Å²) in [7, 11) is 0. The first-order valence-corrected chi connectivity index (χ1v) is 7.10. The normalized spacial score (nSPS) is 21.0. The number of furan rings is 1. The Morgan fingerprint density at radius 2 is 2.33 bits per heavy atom. The third kappa shape index (κ3) is 3.64. The van der Waals surface area contributed by atoms with E-state index >= 15 is 0 Å². The second kappa shape index (κ2) is 7.06. The molecule has 0 saturated carbocycles. The van der Waals surface area contributed by atoms with Gasteiger partial charge in [0.1, 0.15) is 0 Å². The van der Waals surface area contributed by atoms with Gasteiger partial charge in [-0.2, -0.15) is 4.98 Å². The number of hydrogen-bond acceptors (Lipinski definition) is 6. The maximum absolute atomic E-state index is 6.07. The van der Waals surface area contributed by atoms with Crippen LogP contribution in [0.2, 0.25) is 0 Å². The van der Waals surface area contributed by atoms with E-state index in [1.54, 1.807) is 6.26 Å². The smallest absolute Gasteiger partial charge is 0.241 e. The summed E-state index contributed by atoms with van der Waals surface area (Å²) in [5.74, 6) is 1.74. The highest BCUT2D eigenvalue weighted by molar-refractivity contribution is 5.85. The van der Waals surface area contributed by atoms with Crippen LogP contribution in [0.5, 0.6) is 0 Å². The molecule has 0 aromatic carbocycles. The van der Waals surface area contributed by atoms with E-state index < -0.39 is 0 Å². The number of nitrogens with zero attached hydrogens (tertiary/aromatic N) is 3. The van der Waals surface area contributed by atoms with E-state index in [4.69, 9.17) is 14.7 Å². The van der Waals surface area contributed by atoms with Gasteiger partial charge in [0.15, 0.2) is 5.76 Å². The van der Waals surface area contributed by atoms with Gasteiger partial charge < -0.3 is 14.7 Å². The van der Waals surface area contributed by atoms with Crippen molar-refractivity contribution in [3.63, 3.8) is 0 Å². The fourth-order valence-corrected chi connectivity index (χ4v) is 2.81. The minimum atomic E-state index is 0. The fourth-order valence-electron chi connectivity index (χ4n) is 2.81. The highest BCUT2D eigenvalue weighted by atomic mass is 35.5. The Balaban J connectivity index is 0.00000161. The Hall–Kier alpha value is -1.37. The number of aromatic nitrogens is 2. The van der Waals surface area contributed by atoms with Gasteiger partial charge in [-0.15, -0.1) is 12.4 Å². The first kappa shape index (κ1) is 16.0. The van der Waals surface area contributed by atoms with Crippen LogP contribution in [0.15, 0.2) is 27.3 Å². The third-order valence-corrected chi connectivity index (χ3v) is 3.82. The van der Waals surface area contributed by atoms with Crippen molar-refractivity contribution in [3.05, 3.63) is 24.3 Å². The molecule has 3 rings (SSSR count). The molecule has 0 bridgehead atoms. The SMILES string of the molecule is CC(N)C1CCCCN1Cc1nc(-c2ccco2)no1.Cl. The van der Waals surface area contributed by atoms with Gasteiger partial charge in [-0.25, -0.2) is 0 Å². The highest BCUT2D eigenvalue weighted by Crippen LogP contribution is 2.22. The quantitative estimate of drug-likeness (QED) is 0.934. The Bertz CT molecular complexity index is 541. The van der Waals surface area contributed by atoms with Gasteiger partial charge in [-0.05, 0) is 38.4 Å². The molecule has 116 valence electrons. The zero-order valence-corrected chi connectivity index (χ0v) is 12.9. The molecule has 2 N–H and O–H groups in total. The second-order valence-corrected chi connectivity index (χ2v) is 5.38. The second-order valence-electron chi connectivity index (χ2n) is 5.38. The van der Waals surface area contributed by atoms with E-state index in [0.717, 1.165) is 13.0 Å². The average Bonchev–Trinajstić information content (AvgIpc) is 3.09. The van der Waals surface area contributed by atoms with Crippen LogP contribution in [0.1, 0.15) is 32.1 Å². The molecule has 6 nitrogen and oxygen atoms in total. The van der Waals surface area contributed by atoms with Crippen LogP contribution in [0.25, 0.3) is 11.6 Å². The number of rotatable bonds is 4. The molecule has 1 aliphatic heterocycles.